The summed E-state index contributed by atoms with van der Waals surface area (Å²) in [6, 6.07) is 0. The molecule has 0 N–H and O–H groups in total. The van der Waals surface area contributed by atoms with E-state index in [0.717, 1.165) is 83.5 Å². The maximum atomic E-state index is 12.9. The highest BCUT2D eigenvalue weighted by Crippen LogP contribution is 2.19. The van der Waals surface area contributed by atoms with Crippen LogP contribution in [0.5, 0.6) is 0 Å². The zero-order valence-corrected chi connectivity index (χ0v) is 54.6. The number of carbonyl (C=O) groups excluding carboxylic acids is 3. The molecule has 0 radical (unpaired) electrons. The smallest absolute Gasteiger partial charge is 0.306 e. The molecule has 6 heteroatoms. The lowest BCUT2D eigenvalue weighted by Crippen LogP contribution is -2.30. The molecule has 0 aliphatic carbocycles. The maximum absolute atomic E-state index is 12.9. The fourth-order valence-electron chi connectivity index (χ4n) is 10.9. The Kier molecular flexibility index (Phi) is 67.6. The molecule has 0 rings (SSSR count). The van der Waals surface area contributed by atoms with Crippen molar-refractivity contribution in [3.63, 3.8) is 0 Å². The summed E-state index contributed by atoms with van der Waals surface area (Å²) in [6.45, 7) is 6.60. The van der Waals surface area contributed by atoms with Crippen molar-refractivity contribution in [1.82, 2.24) is 0 Å². The van der Waals surface area contributed by atoms with Crippen LogP contribution in [0.25, 0.3) is 0 Å². The first-order valence-corrected chi connectivity index (χ1v) is 36.1. The number of allylic oxidation sites excluding steroid dienone is 8. The quantitative estimate of drug-likeness (QED) is 0.0261. The van der Waals surface area contributed by atoms with Crippen LogP contribution in [0, 0.1) is 0 Å². The molecule has 0 amide bonds. The molecular formula is C75H138O6. The van der Waals surface area contributed by atoms with E-state index in [0.29, 0.717) is 19.3 Å². The number of hydrogen-bond donors (Lipinski definition) is 0. The van der Waals surface area contributed by atoms with Gasteiger partial charge in [0.25, 0.3) is 0 Å². The van der Waals surface area contributed by atoms with E-state index < -0.39 is 6.10 Å². The monoisotopic (exact) mass is 1140 g/mol. The first-order valence-electron chi connectivity index (χ1n) is 36.1. The van der Waals surface area contributed by atoms with E-state index in [-0.39, 0.29) is 31.1 Å². The summed E-state index contributed by atoms with van der Waals surface area (Å²) in [7, 11) is 0. The molecule has 0 spiro atoms. The summed E-state index contributed by atoms with van der Waals surface area (Å²) >= 11 is 0. The number of rotatable bonds is 67. The van der Waals surface area contributed by atoms with Gasteiger partial charge < -0.3 is 14.2 Å². The number of ether oxygens (including phenoxy) is 3. The number of unbranched alkanes of at least 4 members (excludes halogenated alkanes) is 48. The van der Waals surface area contributed by atoms with Gasteiger partial charge in [0.15, 0.2) is 6.10 Å². The third kappa shape index (κ3) is 68.0. The van der Waals surface area contributed by atoms with Gasteiger partial charge in [-0.3, -0.25) is 14.4 Å². The summed E-state index contributed by atoms with van der Waals surface area (Å²) in [5.74, 6) is -0.853. The minimum Gasteiger partial charge on any atom is -0.462 e. The fraction of sp³-hybridized carbons (Fsp3) is 0.853. The van der Waals surface area contributed by atoms with Crippen molar-refractivity contribution in [2.45, 2.75) is 399 Å². The molecule has 474 valence electrons. The second-order valence-corrected chi connectivity index (χ2v) is 24.5. The van der Waals surface area contributed by atoms with Crippen LogP contribution in [0.3, 0.4) is 0 Å². The number of hydrogen-bond acceptors (Lipinski definition) is 6. The zero-order valence-electron chi connectivity index (χ0n) is 54.6. The molecule has 0 heterocycles. The van der Waals surface area contributed by atoms with E-state index in [1.54, 1.807) is 0 Å². The summed E-state index contributed by atoms with van der Waals surface area (Å²) in [6.07, 6.45) is 88.6. The minimum absolute atomic E-state index is 0.0720. The van der Waals surface area contributed by atoms with Crippen LogP contribution < -0.4 is 0 Å². The van der Waals surface area contributed by atoms with Gasteiger partial charge in [-0.1, -0.05) is 345 Å². The van der Waals surface area contributed by atoms with Gasteiger partial charge in [-0.2, -0.15) is 0 Å². The normalized spacial score (nSPS) is 12.3. The fourth-order valence-corrected chi connectivity index (χ4v) is 10.9. The lowest BCUT2D eigenvalue weighted by molar-refractivity contribution is -0.167. The molecular weight excluding hydrogens is 997 g/mol. The summed E-state index contributed by atoms with van der Waals surface area (Å²) in [4.78, 5) is 38.5. The van der Waals surface area contributed by atoms with Gasteiger partial charge >= 0.3 is 17.9 Å². The highest BCUT2D eigenvalue weighted by atomic mass is 16.6. The highest BCUT2D eigenvalue weighted by Gasteiger charge is 2.19. The molecule has 81 heavy (non-hydrogen) atoms. The highest BCUT2D eigenvalue weighted by molar-refractivity contribution is 5.71. The van der Waals surface area contributed by atoms with Crippen molar-refractivity contribution in [1.29, 1.82) is 0 Å². The van der Waals surface area contributed by atoms with E-state index >= 15 is 0 Å². The Bertz CT molecular complexity index is 1400. The Morgan fingerprint density at radius 3 is 0.765 bits per heavy atom. The molecule has 0 aliphatic rings. The maximum Gasteiger partial charge on any atom is 0.306 e. The molecule has 1 unspecified atom stereocenters. The van der Waals surface area contributed by atoms with Crippen LogP contribution in [0.4, 0.5) is 0 Å². The average molecular weight is 1140 g/mol. The van der Waals surface area contributed by atoms with Crippen LogP contribution in [-0.4, -0.2) is 37.2 Å². The zero-order chi connectivity index (χ0) is 58.5. The molecule has 0 aromatic carbocycles. The molecule has 0 aromatic rings. The van der Waals surface area contributed by atoms with Crippen LogP contribution in [-0.2, 0) is 28.6 Å². The molecule has 0 aromatic heterocycles. The van der Waals surface area contributed by atoms with Crippen molar-refractivity contribution < 1.29 is 28.6 Å². The van der Waals surface area contributed by atoms with Gasteiger partial charge in [-0.25, -0.2) is 0 Å². The van der Waals surface area contributed by atoms with Crippen molar-refractivity contribution >= 4 is 17.9 Å². The Hall–Kier alpha value is -2.63. The Morgan fingerprint density at radius 2 is 0.481 bits per heavy atom. The second kappa shape index (κ2) is 69.9. The summed E-state index contributed by atoms with van der Waals surface area (Å²) in [5, 5.41) is 0. The standard InChI is InChI=1S/C75H138O6/c1-4-7-10-13-16-19-22-25-28-31-32-33-34-35-36-37-38-39-40-41-42-45-47-50-53-56-59-62-65-68-74(77)80-71-72(81-75(78)69-66-63-60-57-54-51-48-44-30-27-24-21-18-15-12-9-6-3)70-79-73(76)67-64-61-58-55-52-49-46-43-29-26-23-20-17-14-11-8-5-2/h9,12,18,21,27,30-32,72H,4-8,10-11,13-17,19-20,22-26,28-29,33-71H2,1-3H3/b12-9-,21-18-,30-27-,32-31-. The van der Waals surface area contributed by atoms with E-state index in [1.807, 2.05) is 0 Å². The Morgan fingerprint density at radius 1 is 0.259 bits per heavy atom. The summed E-state index contributed by atoms with van der Waals surface area (Å²) in [5.41, 5.74) is 0. The van der Waals surface area contributed by atoms with Gasteiger partial charge in [0.2, 0.25) is 0 Å². The van der Waals surface area contributed by atoms with Gasteiger partial charge in [-0.15, -0.1) is 0 Å². The summed E-state index contributed by atoms with van der Waals surface area (Å²) < 4.78 is 17.0. The first kappa shape index (κ1) is 78.4. The topological polar surface area (TPSA) is 78.9 Å². The predicted molar refractivity (Wildman–Crippen MR) is 353 cm³/mol. The number of esters is 3. The van der Waals surface area contributed by atoms with Gasteiger partial charge in [-0.05, 0) is 77.0 Å². The molecule has 0 aliphatic heterocycles. The van der Waals surface area contributed by atoms with E-state index in [9.17, 15) is 14.4 Å². The molecule has 0 saturated carbocycles. The van der Waals surface area contributed by atoms with Gasteiger partial charge in [0, 0.05) is 19.3 Å². The van der Waals surface area contributed by atoms with E-state index in [2.05, 4.69) is 69.4 Å². The molecule has 6 nitrogen and oxygen atoms in total. The average Bonchev–Trinajstić information content (AvgIpc) is 3.47. The van der Waals surface area contributed by atoms with Crippen LogP contribution >= 0.6 is 0 Å². The number of carbonyl (C=O) groups is 3. The molecule has 0 bridgehead atoms. The lowest BCUT2D eigenvalue weighted by atomic mass is 10.0. The van der Waals surface area contributed by atoms with Crippen LogP contribution in [0.1, 0.15) is 393 Å². The first-order chi connectivity index (χ1) is 40.0. The Labute approximate surface area is 505 Å². The van der Waals surface area contributed by atoms with Crippen LogP contribution in [0.15, 0.2) is 48.6 Å². The minimum atomic E-state index is -0.777. The molecule has 0 saturated heterocycles. The van der Waals surface area contributed by atoms with E-state index in [1.165, 1.54) is 270 Å². The third-order valence-electron chi connectivity index (χ3n) is 16.3. The van der Waals surface area contributed by atoms with Crippen molar-refractivity contribution in [2.75, 3.05) is 13.2 Å². The van der Waals surface area contributed by atoms with Gasteiger partial charge in [0.1, 0.15) is 13.2 Å². The van der Waals surface area contributed by atoms with Crippen LogP contribution in [0.2, 0.25) is 0 Å². The van der Waals surface area contributed by atoms with Crippen molar-refractivity contribution in [3.05, 3.63) is 48.6 Å². The van der Waals surface area contributed by atoms with Crippen molar-refractivity contribution in [2.24, 2.45) is 0 Å². The van der Waals surface area contributed by atoms with Gasteiger partial charge in [0.05, 0.1) is 0 Å². The lowest BCUT2D eigenvalue weighted by Gasteiger charge is -2.18. The van der Waals surface area contributed by atoms with E-state index in [4.69, 9.17) is 14.2 Å². The second-order valence-electron chi connectivity index (χ2n) is 24.5. The Balaban J connectivity index is 4.22. The largest absolute Gasteiger partial charge is 0.462 e. The third-order valence-corrected chi connectivity index (χ3v) is 16.3. The SMILES string of the molecule is CC/C=C\C/C=C\C/C=C\CCCCCCCCCC(=O)OC(COC(=O)CCCCCCCCCCCCCCCCCCC)COC(=O)CCCCCCCCCCCCCCCCCCC/C=C\CCCCCCCCCC. The molecule has 1 atom stereocenters. The predicted octanol–water partition coefficient (Wildman–Crippen LogP) is 24.9. The molecule has 0 fully saturated rings. The van der Waals surface area contributed by atoms with Crippen molar-refractivity contribution in [3.8, 4) is 0 Å².